The third-order valence-corrected chi connectivity index (χ3v) is 4.67. The minimum absolute atomic E-state index is 0.195. The van der Waals surface area contributed by atoms with Crippen molar-refractivity contribution in [2.24, 2.45) is 0 Å². The smallest absolute Gasteiger partial charge is 0.325 e. The van der Waals surface area contributed by atoms with Crippen LogP contribution in [0.4, 0.5) is 0 Å². The molecule has 0 aliphatic rings. The molecule has 178 valence electrons. The molecular weight excluding hydrogens is 432 g/mol. The molecule has 0 fully saturated rings. The van der Waals surface area contributed by atoms with Crippen molar-refractivity contribution in [1.82, 2.24) is 10.6 Å². The number of benzene rings is 2. The third kappa shape index (κ3) is 6.76. The molecule has 0 aliphatic carbocycles. The Kier molecular flexibility index (Phi) is 9.34. The van der Waals surface area contributed by atoms with Gasteiger partial charge in [0.1, 0.15) is 12.3 Å². The second-order valence-electron chi connectivity index (χ2n) is 6.79. The number of esters is 1. The summed E-state index contributed by atoms with van der Waals surface area (Å²) in [5.41, 5.74) is 0.984. The molecule has 0 bridgehead atoms. The van der Waals surface area contributed by atoms with Gasteiger partial charge >= 0.3 is 5.97 Å². The predicted octanol–water partition coefficient (Wildman–Crippen LogP) is 1.87. The maximum Gasteiger partial charge on any atom is 0.325 e. The summed E-state index contributed by atoms with van der Waals surface area (Å²) in [7, 11) is 5.84. The van der Waals surface area contributed by atoms with E-state index in [1.54, 1.807) is 20.1 Å². The van der Waals surface area contributed by atoms with Crippen molar-refractivity contribution in [2.45, 2.75) is 13.0 Å². The molecule has 2 aromatic rings. The predicted molar refractivity (Wildman–Crippen MR) is 119 cm³/mol. The SMILES string of the molecule is COc1ccccc1C(C)NC(=O)COC(=O)CNC(=O)c1cc(OC)c(OC)c(OC)c1. The lowest BCUT2D eigenvalue weighted by Crippen LogP contribution is -2.34. The highest BCUT2D eigenvalue weighted by molar-refractivity contribution is 5.97. The van der Waals surface area contributed by atoms with Gasteiger partial charge in [-0.25, -0.2) is 0 Å². The summed E-state index contributed by atoms with van der Waals surface area (Å²) in [5.74, 6) is -0.244. The average molecular weight is 460 g/mol. The summed E-state index contributed by atoms with van der Waals surface area (Å²) in [5, 5.41) is 5.16. The molecule has 2 rings (SSSR count). The topological polar surface area (TPSA) is 121 Å². The van der Waals surface area contributed by atoms with Crippen LogP contribution < -0.4 is 29.6 Å². The van der Waals surface area contributed by atoms with Crippen LogP contribution in [0.25, 0.3) is 0 Å². The number of hydrogen-bond acceptors (Lipinski definition) is 8. The summed E-state index contributed by atoms with van der Waals surface area (Å²) >= 11 is 0. The van der Waals surface area contributed by atoms with Gasteiger partial charge in [-0.15, -0.1) is 0 Å². The average Bonchev–Trinajstić information content (AvgIpc) is 2.84. The fourth-order valence-electron chi connectivity index (χ4n) is 3.05. The van der Waals surface area contributed by atoms with Gasteiger partial charge in [0, 0.05) is 11.1 Å². The molecule has 33 heavy (non-hydrogen) atoms. The second kappa shape index (κ2) is 12.2. The molecule has 0 radical (unpaired) electrons. The van der Waals surface area contributed by atoms with Crippen molar-refractivity contribution in [3.8, 4) is 23.0 Å². The molecule has 0 saturated carbocycles. The first-order chi connectivity index (χ1) is 15.8. The number of methoxy groups -OCH3 is 4. The summed E-state index contributed by atoms with van der Waals surface area (Å²) in [6.07, 6.45) is 0. The van der Waals surface area contributed by atoms with E-state index in [4.69, 9.17) is 23.7 Å². The fraction of sp³-hybridized carbons (Fsp3) is 0.348. The highest BCUT2D eigenvalue weighted by atomic mass is 16.5. The molecule has 0 heterocycles. The van der Waals surface area contributed by atoms with Gasteiger partial charge in [0.2, 0.25) is 5.75 Å². The number of rotatable bonds is 11. The number of ether oxygens (including phenoxy) is 5. The zero-order valence-electron chi connectivity index (χ0n) is 19.2. The van der Waals surface area contributed by atoms with Crippen molar-refractivity contribution in [2.75, 3.05) is 41.6 Å². The molecule has 2 amide bonds. The lowest BCUT2D eigenvalue weighted by molar-refractivity contribution is -0.147. The quantitative estimate of drug-likeness (QED) is 0.488. The Morgan fingerprint density at radius 3 is 2.06 bits per heavy atom. The van der Waals surface area contributed by atoms with Gasteiger partial charge in [0.15, 0.2) is 18.1 Å². The van der Waals surface area contributed by atoms with E-state index in [1.807, 2.05) is 18.2 Å². The minimum Gasteiger partial charge on any atom is -0.496 e. The lowest BCUT2D eigenvalue weighted by Gasteiger charge is -2.17. The van der Waals surface area contributed by atoms with Gasteiger partial charge in [0.05, 0.1) is 34.5 Å². The second-order valence-corrected chi connectivity index (χ2v) is 6.79. The summed E-state index contributed by atoms with van der Waals surface area (Å²) in [4.78, 5) is 36.5. The molecule has 10 heteroatoms. The first kappa shape index (κ1) is 25.3. The molecule has 0 aromatic heterocycles. The number of para-hydroxylation sites is 1. The number of carbonyl (C=O) groups excluding carboxylic acids is 3. The summed E-state index contributed by atoms with van der Waals surface area (Å²) < 4.78 is 25.9. The van der Waals surface area contributed by atoms with Crippen LogP contribution in [0.2, 0.25) is 0 Å². The summed E-state index contributed by atoms with van der Waals surface area (Å²) in [6.45, 7) is 0.873. The van der Waals surface area contributed by atoms with Gasteiger partial charge in [-0.3, -0.25) is 14.4 Å². The van der Waals surface area contributed by atoms with Gasteiger partial charge in [-0.05, 0) is 25.1 Å². The Morgan fingerprint density at radius 1 is 0.879 bits per heavy atom. The number of hydrogen-bond donors (Lipinski definition) is 2. The van der Waals surface area contributed by atoms with Crippen LogP contribution in [0.1, 0.15) is 28.9 Å². The molecule has 2 aromatic carbocycles. The Balaban J connectivity index is 1.86. The van der Waals surface area contributed by atoms with E-state index in [9.17, 15) is 14.4 Å². The monoisotopic (exact) mass is 460 g/mol. The highest BCUT2D eigenvalue weighted by Crippen LogP contribution is 2.38. The Hall–Kier alpha value is -3.95. The van der Waals surface area contributed by atoms with Crippen molar-refractivity contribution in [3.05, 3.63) is 47.5 Å². The molecular formula is C23H28N2O8. The van der Waals surface area contributed by atoms with E-state index in [1.165, 1.54) is 33.5 Å². The van der Waals surface area contributed by atoms with Crippen LogP contribution in [-0.2, 0) is 14.3 Å². The third-order valence-electron chi connectivity index (χ3n) is 4.67. The standard InChI is InChI=1S/C23H28N2O8/c1-14(16-8-6-7-9-17(16)29-2)25-20(26)13-33-21(27)12-24-23(28)15-10-18(30-3)22(32-5)19(11-15)31-4/h6-11,14H,12-13H2,1-5H3,(H,24,28)(H,25,26). The maximum absolute atomic E-state index is 12.4. The fourth-order valence-corrected chi connectivity index (χ4v) is 3.05. The molecule has 0 aliphatic heterocycles. The van der Waals surface area contributed by atoms with E-state index in [0.717, 1.165) is 5.56 Å². The number of nitrogens with one attached hydrogen (secondary N) is 2. The van der Waals surface area contributed by atoms with Crippen LogP contribution in [0.15, 0.2) is 36.4 Å². The van der Waals surface area contributed by atoms with Crippen LogP contribution >= 0.6 is 0 Å². The number of amides is 2. The van der Waals surface area contributed by atoms with E-state index in [-0.39, 0.29) is 11.6 Å². The minimum atomic E-state index is -0.768. The zero-order valence-corrected chi connectivity index (χ0v) is 19.2. The first-order valence-electron chi connectivity index (χ1n) is 10.0. The molecule has 2 N–H and O–H groups in total. The molecule has 0 saturated heterocycles. The lowest BCUT2D eigenvalue weighted by atomic mass is 10.1. The molecule has 1 unspecified atom stereocenters. The first-order valence-corrected chi connectivity index (χ1v) is 10.0. The van der Waals surface area contributed by atoms with E-state index < -0.39 is 30.9 Å². The van der Waals surface area contributed by atoms with Crippen LogP contribution in [0.3, 0.4) is 0 Å². The van der Waals surface area contributed by atoms with E-state index in [0.29, 0.717) is 23.0 Å². The highest BCUT2D eigenvalue weighted by Gasteiger charge is 2.18. The summed E-state index contributed by atoms with van der Waals surface area (Å²) in [6, 6.07) is 9.82. The Bertz CT molecular complexity index is 967. The zero-order chi connectivity index (χ0) is 24.4. The van der Waals surface area contributed by atoms with Crippen LogP contribution in [0, 0.1) is 0 Å². The largest absolute Gasteiger partial charge is 0.496 e. The molecule has 0 spiro atoms. The van der Waals surface area contributed by atoms with Crippen molar-refractivity contribution >= 4 is 17.8 Å². The van der Waals surface area contributed by atoms with Crippen molar-refractivity contribution in [3.63, 3.8) is 0 Å². The number of carbonyl (C=O) groups is 3. The van der Waals surface area contributed by atoms with Crippen LogP contribution in [0.5, 0.6) is 23.0 Å². The Morgan fingerprint density at radius 2 is 1.48 bits per heavy atom. The normalized spacial score (nSPS) is 11.1. The van der Waals surface area contributed by atoms with E-state index in [2.05, 4.69) is 10.6 Å². The van der Waals surface area contributed by atoms with Gasteiger partial charge in [-0.1, -0.05) is 18.2 Å². The maximum atomic E-state index is 12.4. The van der Waals surface area contributed by atoms with Crippen LogP contribution in [-0.4, -0.2) is 59.4 Å². The van der Waals surface area contributed by atoms with Gasteiger partial charge in [0.25, 0.3) is 11.8 Å². The van der Waals surface area contributed by atoms with Crippen molar-refractivity contribution in [1.29, 1.82) is 0 Å². The van der Waals surface area contributed by atoms with Gasteiger partial charge < -0.3 is 34.3 Å². The van der Waals surface area contributed by atoms with E-state index >= 15 is 0 Å². The van der Waals surface area contributed by atoms with Gasteiger partial charge in [-0.2, -0.15) is 0 Å². The molecule has 1 atom stereocenters. The molecule has 10 nitrogen and oxygen atoms in total. The Labute approximate surface area is 192 Å². The van der Waals surface area contributed by atoms with Crippen molar-refractivity contribution < 1.29 is 38.1 Å².